The number of fused-ring (bicyclic) bond motifs is 1. The van der Waals surface area contributed by atoms with Gasteiger partial charge in [0.15, 0.2) is 5.69 Å². The number of thiophene rings is 1. The number of pyridine rings is 1. The highest BCUT2D eigenvalue weighted by Crippen LogP contribution is 2.45. The van der Waals surface area contributed by atoms with E-state index in [1.54, 1.807) is 59.8 Å². The van der Waals surface area contributed by atoms with Crippen molar-refractivity contribution >= 4 is 28.9 Å². The Morgan fingerprint density at radius 2 is 2.03 bits per heavy atom. The van der Waals surface area contributed by atoms with Crippen LogP contribution < -0.4 is 4.90 Å². The zero-order chi connectivity index (χ0) is 21.4. The first-order chi connectivity index (χ1) is 15.2. The molecule has 0 saturated heterocycles. The van der Waals surface area contributed by atoms with E-state index in [9.17, 15) is 9.59 Å². The lowest BCUT2D eigenvalue weighted by atomic mass is 9.99. The Morgan fingerprint density at radius 3 is 2.71 bits per heavy atom. The van der Waals surface area contributed by atoms with Gasteiger partial charge in [-0.1, -0.05) is 12.1 Å². The van der Waals surface area contributed by atoms with Crippen molar-refractivity contribution in [3.05, 3.63) is 88.7 Å². The van der Waals surface area contributed by atoms with Gasteiger partial charge in [0.2, 0.25) is 0 Å². The highest BCUT2D eigenvalue weighted by molar-refractivity contribution is 7.13. The molecular weight excluding hydrogens is 412 g/mol. The van der Waals surface area contributed by atoms with Crippen molar-refractivity contribution < 1.29 is 14.3 Å². The maximum atomic E-state index is 13.4. The topological polar surface area (TPSA) is 88.2 Å². The summed E-state index contributed by atoms with van der Waals surface area (Å²) in [6, 6.07) is 14.2. The van der Waals surface area contributed by atoms with Crippen molar-refractivity contribution in [2.75, 3.05) is 11.5 Å². The number of hydrogen-bond donors (Lipinski definition) is 1. The minimum atomic E-state index is -0.390. The van der Waals surface area contributed by atoms with Gasteiger partial charge in [0.05, 0.1) is 28.8 Å². The maximum Gasteiger partial charge on any atom is 0.338 e. The van der Waals surface area contributed by atoms with E-state index in [1.807, 2.05) is 29.6 Å². The molecule has 0 spiro atoms. The monoisotopic (exact) mass is 430 g/mol. The Balaban J connectivity index is 1.62. The van der Waals surface area contributed by atoms with Gasteiger partial charge in [-0.2, -0.15) is 5.10 Å². The number of esters is 1. The smallest absolute Gasteiger partial charge is 0.338 e. The molecule has 5 rings (SSSR count). The lowest BCUT2D eigenvalue weighted by Gasteiger charge is -2.26. The van der Waals surface area contributed by atoms with E-state index >= 15 is 0 Å². The van der Waals surface area contributed by atoms with Crippen molar-refractivity contribution in [3.63, 3.8) is 0 Å². The number of aromatic nitrogens is 3. The summed E-state index contributed by atoms with van der Waals surface area (Å²) in [7, 11) is 0. The van der Waals surface area contributed by atoms with Crippen molar-refractivity contribution in [2.24, 2.45) is 0 Å². The Bertz CT molecular complexity index is 1230. The predicted molar refractivity (Wildman–Crippen MR) is 117 cm³/mol. The molecule has 4 heterocycles. The van der Waals surface area contributed by atoms with Crippen molar-refractivity contribution in [1.82, 2.24) is 15.2 Å². The highest BCUT2D eigenvalue weighted by Gasteiger charge is 2.43. The predicted octanol–water partition coefficient (Wildman–Crippen LogP) is 4.46. The second-order valence-electron chi connectivity index (χ2n) is 6.97. The normalized spacial score (nSPS) is 15.2. The summed E-state index contributed by atoms with van der Waals surface area (Å²) in [6.07, 6.45) is 3.47. The quantitative estimate of drug-likeness (QED) is 0.472. The zero-order valence-electron chi connectivity index (χ0n) is 16.6. The second-order valence-corrected chi connectivity index (χ2v) is 7.92. The van der Waals surface area contributed by atoms with Gasteiger partial charge < -0.3 is 4.74 Å². The van der Waals surface area contributed by atoms with E-state index in [0.717, 1.165) is 21.7 Å². The molecule has 4 aromatic rings. The summed E-state index contributed by atoms with van der Waals surface area (Å²) >= 11 is 1.58. The Labute approximate surface area is 182 Å². The number of carbonyl (C=O) groups is 2. The summed E-state index contributed by atoms with van der Waals surface area (Å²) < 4.78 is 5.06. The number of aromatic amines is 1. The fraction of sp³-hybridized carbons (Fsp3) is 0.130. The molecule has 1 aromatic carbocycles. The van der Waals surface area contributed by atoms with Crippen LogP contribution in [-0.4, -0.2) is 33.7 Å². The standard InChI is InChI=1S/C23H18N4O3S/c1-2-30-23(29)14-7-9-16(10-8-14)27-21(15-5-3-11-24-13-15)18-19(17-6-4-12-31-17)25-26-20(18)22(27)28/h3-13,21H,2H2,1H3,(H,25,26)/t21-/m1/s1. The van der Waals surface area contributed by atoms with Gasteiger partial charge >= 0.3 is 5.97 Å². The van der Waals surface area contributed by atoms with Gasteiger partial charge in [-0.3, -0.25) is 19.8 Å². The molecule has 0 radical (unpaired) electrons. The Morgan fingerprint density at radius 1 is 1.19 bits per heavy atom. The molecule has 1 aliphatic heterocycles. The van der Waals surface area contributed by atoms with Gasteiger partial charge in [-0.15, -0.1) is 11.3 Å². The molecule has 3 aromatic heterocycles. The molecule has 0 bridgehead atoms. The lowest BCUT2D eigenvalue weighted by molar-refractivity contribution is 0.0526. The number of amides is 1. The Kier molecular flexibility index (Phi) is 4.83. The molecule has 1 atom stereocenters. The molecule has 0 aliphatic carbocycles. The SMILES string of the molecule is CCOC(=O)c1ccc(N2C(=O)c3n[nH]c(-c4cccs4)c3[C@H]2c2cccnc2)cc1. The number of hydrogen-bond acceptors (Lipinski definition) is 6. The van der Waals surface area contributed by atoms with Gasteiger partial charge in [-0.05, 0) is 54.3 Å². The molecule has 7 nitrogen and oxygen atoms in total. The number of nitrogens with one attached hydrogen (secondary N) is 1. The summed E-state index contributed by atoms with van der Waals surface area (Å²) in [5, 5.41) is 9.39. The first-order valence-electron chi connectivity index (χ1n) is 9.82. The second kappa shape index (κ2) is 7.81. The first-order valence-corrected chi connectivity index (χ1v) is 10.7. The third-order valence-corrected chi connectivity index (χ3v) is 6.07. The van der Waals surface area contributed by atoms with Crippen molar-refractivity contribution in [1.29, 1.82) is 0 Å². The number of benzene rings is 1. The minimum absolute atomic E-state index is 0.202. The number of ether oxygens (including phenoxy) is 1. The minimum Gasteiger partial charge on any atom is -0.462 e. The molecule has 1 aliphatic rings. The molecule has 0 unspecified atom stereocenters. The molecule has 1 N–H and O–H groups in total. The third kappa shape index (κ3) is 3.21. The van der Waals surface area contributed by atoms with Crippen molar-refractivity contribution in [3.8, 4) is 10.6 Å². The van der Waals surface area contributed by atoms with Crippen LogP contribution in [0.2, 0.25) is 0 Å². The number of nitrogens with zero attached hydrogens (tertiary/aromatic N) is 3. The largest absolute Gasteiger partial charge is 0.462 e. The van der Waals surface area contributed by atoms with Crippen LogP contribution >= 0.6 is 11.3 Å². The van der Waals surface area contributed by atoms with Gasteiger partial charge in [-0.25, -0.2) is 4.79 Å². The van der Waals surface area contributed by atoms with Gasteiger partial charge in [0, 0.05) is 23.6 Å². The molecule has 8 heteroatoms. The molecule has 154 valence electrons. The average Bonchev–Trinajstić information content (AvgIpc) is 3.52. The fourth-order valence-electron chi connectivity index (χ4n) is 3.84. The number of anilines is 1. The third-order valence-electron chi connectivity index (χ3n) is 5.18. The van der Waals surface area contributed by atoms with Gasteiger partial charge in [0.25, 0.3) is 5.91 Å². The summed E-state index contributed by atoms with van der Waals surface area (Å²) in [6.45, 7) is 2.07. The number of carbonyl (C=O) groups excluding carboxylic acids is 2. The maximum absolute atomic E-state index is 13.4. The van der Waals surface area contributed by atoms with E-state index in [4.69, 9.17) is 4.74 Å². The summed E-state index contributed by atoms with van der Waals surface area (Å²) in [5.41, 5.74) is 4.04. The number of H-pyrrole nitrogens is 1. The van der Waals surface area contributed by atoms with Crippen LogP contribution in [0.15, 0.2) is 66.3 Å². The van der Waals surface area contributed by atoms with Crippen LogP contribution in [-0.2, 0) is 4.74 Å². The fourth-order valence-corrected chi connectivity index (χ4v) is 4.58. The van der Waals surface area contributed by atoms with E-state index in [0.29, 0.717) is 23.6 Å². The van der Waals surface area contributed by atoms with Crippen LogP contribution in [0.4, 0.5) is 5.69 Å². The van der Waals surface area contributed by atoms with Crippen LogP contribution in [0, 0.1) is 0 Å². The van der Waals surface area contributed by atoms with Crippen LogP contribution in [0.25, 0.3) is 10.6 Å². The molecule has 31 heavy (non-hydrogen) atoms. The molecular formula is C23H18N4O3S. The summed E-state index contributed by atoms with van der Waals surface area (Å²) in [4.78, 5) is 32.4. The van der Waals surface area contributed by atoms with Crippen molar-refractivity contribution in [2.45, 2.75) is 13.0 Å². The summed E-state index contributed by atoms with van der Waals surface area (Å²) in [5.74, 6) is -0.592. The molecule has 1 amide bonds. The average molecular weight is 430 g/mol. The highest BCUT2D eigenvalue weighted by atomic mass is 32.1. The zero-order valence-corrected chi connectivity index (χ0v) is 17.4. The van der Waals surface area contributed by atoms with Gasteiger partial charge in [0.1, 0.15) is 0 Å². The first kappa shape index (κ1) is 19.2. The van der Waals surface area contributed by atoms with E-state index in [2.05, 4.69) is 15.2 Å². The van der Waals surface area contributed by atoms with Crippen LogP contribution in [0.3, 0.4) is 0 Å². The molecule has 0 saturated carbocycles. The van der Waals surface area contributed by atoms with Crippen LogP contribution in [0.1, 0.15) is 44.9 Å². The Hall–Kier alpha value is -3.78. The van der Waals surface area contributed by atoms with Crippen LogP contribution in [0.5, 0.6) is 0 Å². The number of rotatable bonds is 5. The van der Waals surface area contributed by atoms with E-state index in [-0.39, 0.29) is 11.9 Å². The lowest BCUT2D eigenvalue weighted by Crippen LogP contribution is -2.29. The van der Waals surface area contributed by atoms with E-state index < -0.39 is 5.97 Å². The van der Waals surface area contributed by atoms with E-state index in [1.165, 1.54) is 0 Å². The molecule has 0 fully saturated rings.